The zero-order valence-corrected chi connectivity index (χ0v) is 11.7. The normalized spacial score (nSPS) is 10.7. The van der Waals surface area contributed by atoms with Crippen LogP contribution in [-0.2, 0) is 11.3 Å². The standard InChI is InChI=1S/C13H20ClN3O/c1-16(2)7-8-17(13(18)9-15)10-11-3-5-12(14)6-4-11/h3-6H,7-10,15H2,1-2H3. The van der Waals surface area contributed by atoms with Crippen LogP contribution < -0.4 is 5.73 Å². The fourth-order valence-corrected chi connectivity index (χ4v) is 1.68. The summed E-state index contributed by atoms with van der Waals surface area (Å²) in [6.45, 7) is 2.10. The van der Waals surface area contributed by atoms with Crippen LogP contribution in [-0.4, -0.2) is 49.4 Å². The van der Waals surface area contributed by atoms with Gasteiger partial charge in [-0.2, -0.15) is 0 Å². The number of carbonyl (C=O) groups is 1. The Hall–Kier alpha value is -1.10. The molecule has 0 aliphatic rings. The van der Waals surface area contributed by atoms with Gasteiger partial charge in [-0.05, 0) is 31.8 Å². The van der Waals surface area contributed by atoms with Crippen LogP contribution in [0.1, 0.15) is 5.56 Å². The summed E-state index contributed by atoms with van der Waals surface area (Å²) in [6, 6.07) is 7.51. The van der Waals surface area contributed by atoms with Gasteiger partial charge in [0.15, 0.2) is 0 Å². The van der Waals surface area contributed by atoms with Crippen LogP contribution in [0, 0.1) is 0 Å². The lowest BCUT2D eigenvalue weighted by molar-refractivity contribution is -0.130. The van der Waals surface area contributed by atoms with Gasteiger partial charge in [0.05, 0.1) is 6.54 Å². The van der Waals surface area contributed by atoms with E-state index in [4.69, 9.17) is 17.3 Å². The molecule has 0 atom stereocenters. The van der Waals surface area contributed by atoms with Crippen molar-refractivity contribution in [3.05, 3.63) is 34.9 Å². The molecule has 0 saturated heterocycles. The molecule has 100 valence electrons. The summed E-state index contributed by atoms with van der Waals surface area (Å²) in [5.74, 6) is -0.0354. The van der Waals surface area contributed by atoms with Gasteiger partial charge in [-0.3, -0.25) is 4.79 Å². The van der Waals surface area contributed by atoms with Crippen LogP contribution in [0.25, 0.3) is 0 Å². The summed E-state index contributed by atoms with van der Waals surface area (Å²) >= 11 is 5.83. The SMILES string of the molecule is CN(C)CCN(Cc1ccc(Cl)cc1)C(=O)CN. The summed E-state index contributed by atoms with van der Waals surface area (Å²) in [6.07, 6.45) is 0. The molecule has 18 heavy (non-hydrogen) atoms. The molecule has 1 amide bonds. The van der Waals surface area contributed by atoms with E-state index in [0.717, 1.165) is 12.1 Å². The van der Waals surface area contributed by atoms with Crippen molar-refractivity contribution in [2.45, 2.75) is 6.54 Å². The Morgan fingerprint density at radius 3 is 2.33 bits per heavy atom. The second kappa shape index (κ2) is 7.36. The van der Waals surface area contributed by atoms with E-state index in [1.807, 2.05) is 43.3 Å². The predicted octanol–water partition coefficient (Wildman–Crippen LogP) is 1.19. The number of carbonyl (C=O) groups excluding carboxylic acids is 1. The van der Waals surface area contributed by atoms with Crippen molar-refractivity contribution < 1.29 is 4.79 Å². The van der Waals surface area contributed by atoms with Gasteiger partial charge in [-0.25, -0.2) is 0 Å². The van der Waals surface area contributed by atoms with Crippen molar-refractivity contribution in [2.75, 3.05) is 33.7 Å². The number of rotatable bonds is 6. The van der Waals surface area contributed by atoms with Crippen LogP contribution >= 0.6 is 11.6 Å². The minimum absolute atomic E-state index is 0.0354. The van der Waals surface area contributed by atoms with Gasteiger partial charge in [0.2, 0.25) is 5.91 Å². The highest BCUT2D eigenvalue weighted by Crippen LogP contribution is 2.11. The summed E-state index contributed by atoms with van der Waals surface area (Å²) in [4.78, 5) is 15.6. The van der Waals surface area contributed by atoms with Crippen LogP contribution in [0.5, 0.6) is 0 Å². The Labute approximate surface area is 113 Å². The van der Waals surface area contributed by atoms with Crippen molar-refractivity contribution in [3.8, 4) is 0 Å². The molecule has 0 bridgehead atoms. The average molecular weight is 270 g/mol. The quantitative estimate of drug-likeness (QED) is 0.844. The van der Waals surface area contributed by atoms with Gasteiger partial charge >= 0.3 is 0 Å². The summed E-state index contributed by atoms with van der Waals surface area (Å²) < 4.78 is 0. The number of amides is 1. The average Bonchev–Trinajstić information content (AvgIpc) is 2.35. The smallest absolute Gasteiger partial charge is 0.236 e. The second-order valence-electron chi connectivity index (χ2n) is 4.45. The van der Waals surface area contributed by atoms with Crippen LogP contribution in [0.3, 0.4) is 0 Å². The molecule has 0 aromatic heterocycles. The van der Waals surface area contributed by atoms with Crippen molar-refractivity contribution in [3.63, 3.8) is 0 Å². The van der Waals surface area contributed by atoms with E-state index in [1.165, 1.54) is 0 Å². The zero-order chi connectivity index (χ0) is 13.5. The van der Waals surface area contributed by atoms with E-state index < -0.39 is 0 Å². The third kappa shape index (κ3) is 5.04. The lowest BCUT2D eigenvalue weighted by atomic mass is 10.2. The van der Waals surface area contributed by atoms with Gasteiger partial charge < -0.3 is 15.5 Å². The predicted molar refractivity (Wildman–Crippen MR) is 74.5 cm³/mol. The summed E-state index contributed by atoms with van der Waals surface area (Å²) in [7, 11) is 3.96. The van der Waals surface area contributed by atoms with Crippen molar-refractivity contribution in [2.24, 2.45) is 5.73 Å². The molecule has 2 N–H and O–H groups in total. The maximum atomic E-state index is 11.8. The molecule has 0 radical (unpaired) electrons. The number of nitrogens with two attached hydrogens (primary N) is 1. The highest BCUT2D eigenvalue weighted by molar-refractivity contribution is 6.30. The number of hydrogen-bond donors (Lipinski definition) is 1. The molecule has 1 rings (SSSR count). The monoisotopic (exact) mass is 269 g/mol. The molecule has 4 nitrogen and oxygen atoms in total. The second-order valence-corrected chi connectivity index (χ2v) is 4.89. The first-order valence-electron chi connectivity index (χ1n) is 5.90. The maximum Gasteiger partial charge on any atom is 0.236 e. The number of halogens is 1. The third-order valence-corrected chi connectivity index (χ3v) is 2.88. The molecule has 0 aliphatic carbocycles. The molecular formula is C13H20ClN3O. The van der Waals surface area contributed by atoms with E-state index in [-0.39, 0.29) is 12.5 Å². The van der Waals surface area contributed by atoms with Gasteiger partial charge in [-0.1, -0.05) is 23.7 Å². The topological polar surface area (TPSA) is 49.6 Å². The van der Waals surface area contributed by atoms with Gasteiger partial charge in [0, 0.05) is 24.7 Å². The Kier molecular flexibility index (Phi) is 6.12. The third-order valence-electron chi connectivity index (χ3n) is 2.63. The van der Waals surface area contributed by atoms with Crippen molar-refractivity contribution in [1.82, 2.24) is 9.80 Å². The number of nitrogens with zero attached hydrogens (tertiary/aromatic N) is 2. The fourth-order valence-electron chi connectivity index (χ4n) is 1.55. The first kappa shape index (κ1) is 15.0. The van der Waals surface area contributed by atoms with E-state index in [1.54, 1.807) is 4.90 Å². The van der Waals surface area contributed by atoms with Crippen molar-refractivity contribution >= 4 is 17.5 Å². The molecule has 5 heteroatoms. The highest BCUT2D eigenvalue weighted by atomic mass is 35.5. The van der Waals surface area contributed by atoms with Gasteiger partial charge in [0.25, 0.3) is 0 Å². The Balaban J connectivity index is 2.65. The van der Waals surface area contributed by atoms with Gasteiger partial charge in [-0.15, -0.1) is 0 Å². The molecule has 1 aromatic carbocycles. The number of benzene rings is 1. The fraction of sp³-hybridized carbons (Fsp3) is 0.462. The summed E-state index contributed by atoms with van der Waals surface area (Å²) in [5, 5.41) is 0.698. The first-order valence-corrected chi connectivity index (χ1v) is 6.27. The number of likely N-dealkylation sites (N-methyl/N-ethyl adjacent to an activating group) is 1. The molecular weight excluding hydrogens is 250 g/mol. The van der Waals surface area contributed by atoms with E-state index in [2.05, 4.69) is 0 Å². The molecule has 0 heterocycles. The minimum atomic E-state index is -0.0354. The Morgan fingerprint density at radius 1 is 1.22 bits per heavy atom. The Morgan fingerprint density at radius 2 is 1.83 bits per heavy atom. The van der Waals surface area contributed by atoms with Crippen molar-refractivity contribution in [1.29, 1.82) is 0 Å². The van der Waals surface area contributed by atoms with Crippen LogP contribution in [0.4, 0.5) is 0 Å². The van der Waals surface area contributed by atoms with Crippen LogP contribution in [0.15, 0.2) is 24.3 Å². The lowest BCUT2D eigenvalue weighted by Gasteiger charge is -2.24. The van der Waals surface area contributed by atoms with E-state index >= 15 is 0 Å². The zero-order valence-electron chi connectivity index (χ0n) is 10.9. The Bertz CT molecular complexity index is 378. The van der Waals surface area contributed by atoms with Gasteiger partial charge in [0.1, 0.15) is 0 Å². The summed E-state index contributed by atoms with van der Waals surface area (Å²) in [5.41, 5.74) is 6.49. The van der Waals surface area contributed by atoms with Crippen LogP contribution in [0.2, 0.25) is 5.02 Å². The largest absolute Gasteiger partial charge is 0.336 e. The number of hydrogen-bond acceptors (Lipinski definition) is 3. The molecule has 0 saturated carbocycles. The molecule has 0 spiro atoms. The highest BCUT2D eigenvalue weighted by Gasteiger charge is 2.12. The molecule has 0 aliphatic heterocycles. The maximum absolute atomic E-state index is 11.8. The molecule has 0 unspecified atom stereocenters. The molecule has 0 fully saturated rings. The van der Waals surface area contributed by atoms with E-state index in [0.29, 0.717) is 18.1 Å². The molecule has 1 aromatic rings. The lowest BCUT2D eigenvalue weighted by Crippen LogP contribution is -2.39. The minimum Gasteiger partial charge on any atom is -0.336 e. The van der Waals surface area contributed by atoms with E-state index in [9.17, 15) is 4.79 Å². The first-order chi connectivity index (χ1) is 8.52.